The first-order valence-corrected chi connectivity index (χ1v) is 9.96. The lowest BCUT2D eigenvalue weighted by molar-refractivity contribution is 0.172. The van der Waals surface area contributed by atoms with Crippen molar-refractivity contribution in [2.75, 3.05) is 33.2 Å². The molecule has 9 heteroatoms. The molecule has 0 amide bonds. The number of piperazine rings is 1. The van der Waals surface area contributed by atoms with Crippen molar-refractivity contribution in [2.24, 2.45) is 4.99 Å². The van der Waals surface area contributed by atoms with Crippen LogP contribution in [-0.2, 0) is 13.1 Å². The molecule has 0 atom stereocenters. The smallest absolute Gasteiger partial charge is 0.216 e. The van der Waals surface area contributed by atoms with Crippen LogP contribution in [0.1, 0.15) is 11.4 Å². The van der Waals surface area contributed by atoms with Crippen LogP contribution in [0.25, 0.3) is 11.6 Å². The van der Waals surface area contributed by atoms with Gasteiger partial charge in [-0.05, 0) is 29.8 Å². The molecule has 4 rings (SSSR count). The number of aromatic amines is 1. The largest absolute Gasteiger partial charge is 0.461 e. The van der Waals surface area contributed by atoms with E-state index in [0.717, 1.165) is 49.5 Å². The fourth-order valence-electron chi connectivity index (χ4n) is 3.40. The summed E-state index contributed by atoms with van der Waals surface area (Å²) in [5.74, 6) is 2.80. The SMILES string of the molecule is CN=C(NCc1nc(-c2ccco2)n[nH]1)N1CCN(Cc2cccc(Cl)c2)CC1. The molecule has 2 N–H and O–H groups in total. The number of halogens is 1. The van der Waals surface area contributed by atoms with Crippen molar-refractivity contribution in [2.45, 2.75) is 13.1 Å². The zero-order valence-electron chi connectivity index (χ0n) is 16.3. The highest BCUT2D eigenvalue weighted by atomic mass is 35.5. The second-order valence-electron chi connectivity index (χ2n) is 6.88. The van der Waals surface area contributed by atoms with E-state index in [1.54, 1.807) is 13.3 Å². The van der Waals surface area contributed by atoms with E-state index in [9.17, 15) is 0 Å². The average molecular weight is 414 g/mol. The first kappa shape index (κ1) is 19.5. The fraction of sp³-hybridized carbons (Fsp3) is 0.350. The van der Waals surface area contributed by atoms with Crippen molar-refractivity contribution in [1.29, 1.82) is 0 Å². The van der Waals surface area contributed by atoms with Gasteiger partial charge < -0.3 is 14.6 Å². The van der Waals surface area contributed by atoms with E-state index in [4.69, 9.17) is 16.0 Å². The summed E-state index contributed by atoms with van der Waals surface area (Å²) >= 11 is 6.09. The van der Waals surface area contributed by atoms with Crippen LogP contribution < -0.4 is 5.32 Å². The summed E-state index contributed by atoms with van der Waals surface area (Å²) in [5, 5.41) is 11.3. The van der Waals surface area contributed by atoms with Gasteiger partial charge in [-0.3, -0.25) is 15.0 Å². The minimum absolute atomic E-state index is 0.517. The maximum Gasteiger partial charge on any atom is 0.216 e. The van der Waals surface area contributed by atoms with Gasteiger partial charge in [0, 0.05) is 44.8 Å². The molecular weight excluding hydrogens is 390 g/mol. The third-order valence-corrected chi connectivity index (χ3v) is 5.10. The highest BCUT2D eigenvalue weighted by Crippen LogP contribution is 2.15. The number of nitrogens with one attached hydrogen (secondary N) is 2. The highest BCUT2D eigenvalue weighted by molar-refractivity contribution is 6.30. The molecule has 152 valence electrons. The number of aromatic nitrogens is 3. The van der Waals surface area contributed by atoms with Crippen LogP contribution in [0, 0.1) is 0 Å². The minimum Gasteiger partial charge on any atom is -0.461 e. The van der Waals surface area contributed by atoms with Gasteiger partial charge in [0.1, 0.15) is 5.82 Å². The van der Waals surface area contributed by atoms with Crippen molar-refractivity contribution >= 4 is 17.6 Å². The Labute approximate surface area is 174 Å². The van der Waals surface area contributed by atoms with Crippen molar-refractivity contribution < 1.29 is 4.42 Å². The lowest BCUT2D eigenvalue weighted by Crippen LogP contribution is -2.52. The third kappa shape index (κ3) is 4.96. The Kier molecular flexibility index (Phi) is 6.12. The maximum absolute atomic E-state index is 6.09. The van der Waals surface area contributed by atoms with Gasteiger partial charge in [-0.2, -0.15) is 0 Å². The highest BCUT2D eigenvalue weighted by Gasteiger charge is 2.20. The molecule has 0 aliphatic carbocycles. The second-order valence-corrected chi connectivity index (χ2v) is 7.31. The monoisotopic (exact) mass is 413 g/mol. The van der Waals surface area contributed by atoms with Crippen LogP contribution in [0.3, 0.4) is 0 Å². The number of hydrogen-bond acceptors (Lipinski definition) is 5. The first-order valence-electron chi connectivity index (χ1n) is 9.59. The lowest BCUT2D eigenvalue weighted by atomic mass is 10.2. The van der Waals surface area contributed by atoms with E-state index in [0.29, 0.717) is 18.1 Å². The Morgan fingerprint density at radius 2 is 2.10 bits per heavy atom. The molecule has 0 radical (unpaired) electrons. The summed E-state index contributed by atoms with van der Waals surface area (Å²) < 4.78 is 5.32. The molecule has 0 bridgehead atoms. The van der Waals surface area contributed by atoms with Crippen molar-refractivity contribution in [3.8, 4) is 11.6 Å². The predicted molar refractivity (Wildman–Crippen MR) is 113 cm³/mol. The summed E-state index contributed by atoms with van der Waals surface area (Å²) in [6.07, 6.45) is 1.61. The molecule has 0 spiro atoms. The first-order chi connectivity index (χ1) is 14.2. The van der Waals surface area contributed by atoms with E-state index < -0.39 is 0 Å². The molecule has 0 unspecified atom stereocenters. The van der Waals surface area contributed by atoms with E-state index in [2.05, 4.69) is 41.4 Å². The quantitative estimate of drug-likeness (QED) is 0.494. The Bertz CT molecular complexity index is 945. The van der Waals surface area contributed by atoms with E-state index >= 15 is 0 Å². The summed E-state index contributed by atoms with van der Waals surface area (Å²) in [7, 11) is 1.80. The average Bonchev–Trinajstić information content (AvgIpc) is 3.41. The van der Waals surface area contributed by atoms with E-state index in [1.807, 2.05) is 30.3 Å². The Hall–Kier alpha value is -2.84. The number of benzene rings is 1. The molecule has 1 aliphatic rings. The van der Waals surface area contributed by atoms with Crippen LogP contribution in [-0.4, -0.2) is 64.2 Å². The Morgan fingerprint density at radius 3 is 2.83 bits per heavy atom. The van der Waals surface area contributed by atoms with Gasteiger partial charge in [0.15, 0.2) is 11.7 Å². The van der Waals surface area contributed by atoms with Gasteiger partial charge in [-0.1, -0.05) is 23.7 Å². The molecule has 1 saturated heterocycles. The van der Waals surface area contributed by atoms with Crippen LogP contribution in [0.2, 0.25) is 5.02 Å². The zero-order chi connectivity index (χ0) is 20.1. The number of hydrogen-bond donors (Lipinski definition) is 2. The van der Waals surface area contributed by atoms with Gasteiger partial charge in [0.05, 0.1) is 12.8 Å². The number of furan rings is 1. The van der Waals surface area contributed by atoms with Crippen molar-refractivity contribution in [3.63, 3.8) is 0 Å². The molecule has 1 fully saturated rings. The number of H-pyrrole nitrogens is 1. The molecule has 8 nitrogen and oxygen atoms in total. The van der Waals surface area contributed by atoms with Gasteiger partial charge >= 0.3 is 0 Å². The molecule has 1 aliphatic heterocycles. The van der Waals surface area contributed by atoms with Gasteiger partial charge in [-0.15, -0.1) is 5.10 Å². The standard InChI is InChI=1S/C20H24ClN7O/c1-22-20(23-13-18-24-19(26-25-18)17-6-3-11-29-17)28-9-7-27(8-10-28)14-15-4-2-5-16(21)12-15/h2-6,11-12H,7-10,13-14H2,1H3,(H,22,23)(H,24,25,26). The van der Waals surface area contributed by atoms with Crippen LogP contribution in [0.5, 0.6) is 0 Å². The van der Waals surface area contributed by atoms with Crippen molar-refractivity contribution in [3.05, 3.63) is 59.1 Å². The minimum atomic E-state index is 0.517. The molecule has 3 aromatic rings. The summed E-state index contributed by atoms with van der Waals surface area (Å²) in [6, 6.07) is 11.7. The van der Waals surface area contributed by atoms with Gasteiger partial charge in [-0.25, -0.2) is 4.98 Å². The zero-order valence-corrected chi connectivity index (χ0v) is 17.1. The molecule has 3 heterocycles. The van der Waals surface area contributed by atoms with Gasteiger partial charge in [0.2, 0.25) is 5.82 Å². The molecule has 0 saturated carbocycles. The fourth-order valence-corrected chi connectivity index (χ4v) is 3.61. The molecule has 29 heavy (non-hydrogen) atoms. The van der Waals surface area contributed by atoms with Gasteiger partial charge in [0.25, 0.3) is 0 Å². The maximum atomic E-state index is 6.09. The van der Waals surface area contributed by atoms with E-state index in [1.165, 1.54) is 5.56 Å². The Balaban J connectivity index is 1.27. The summed E-state index contributed by atoms with van der Waals surface area (Å²) in [4.78, 5) is 13.6. The summed E-state index contributed by atoms with van der Waals surface area (Å²) in [6.45, 7) is 5.19. The summed E-state index contributed by atoms with van der Waals surface area (Å²) in [5.41, 5.74) is 1.24. The predicted octanol–water partition coefficient (Wildman–Crippen LogP) is 2.61. The molecule has 1 aromatic carbocycles. The van der Waals surface area contributed by atoms with Crippen LogP contribution >= 0.6 is 11.6 Å². The number of guanidine groups is 1. The Morgan fingerprint density at radius 1 is 1.24 bits per heavy atom. The number of rotatable bonds is 5. The molecule has 2 aromatic heterocycles. The number of aliphatic imine (C=N–C) groups is 1. The number of nitrogens with zero attached hydrogens (tertiary/aromatic N) is 5. The van der Waals surface area contributed by atoms with Crippen molar-refractivity contribution in [1.82, 2.24) is 30.3 Å². The van der Waals surface area contributed by atoms with Crippen LogP contribution in [0.15, 0.2) is 52.1 Å². The lowest BCUT2D eigenvalue weighted by Gasteiger charge is -2.36. The molecular formula is C20H24ClN7O. The topological polar surface area (TPSA) is 85.6 Å². The normalized spacial score (nSPS) is 15.7. The third-order valence-electron chi connectivity index (χ3n) is 4.87. The van der Waals surface area contributed by atoms with E-state index in [-0.39, 0.29) is 0 Å². The van der Waals surface area contributed by atoms with Crippen LogP contribution in [0.4, 0.5) is 0 Å². The second kappa shape index (κ2) is 9.11.